The quantitative estimate of drug-likeness (QED) is 0.607. The first-order chi connectivity index (χ1) is 14.4. The Balaban J connectivity index is 1.90. The fourth-order valence-electron chi connectivity index (χ4n) is 3.04. The second-order valence-electron chi connectivity index (χ2n) is 6.93. The summed E-state index contributed by atoms with van der Waals surface area (Å²) in [6, 6.07) is 2.27. The lowest BCUT2D eigenvalue weighted by atomic mass is 10.1. The van der Waals surface area contributed by atoms with Crippen LogP contribution >= 0.6 is 11.3 Å². The van der Waals surface area contributed by atoms with Gasteiger partial charge in [0.15, 0.2) is 0 Å². The van der Waals surface area contributed by atoms with Crippen LogP contribution in [0.5, 0.6) is 0 Å². The van der Waals surface area contributed by atoms with E-state index in [1.54, 1.807) is 20.8 Å². The van der Waals surface area contributed by atoms with Gasteiger partial charge in [0.25, 0.3) is 11.5 Å². The number of aryl methyl sites for hydroxylation is 3. The zero-order chi connectivity index (χ0) is 23.1. The van der Waals surface area contributed by atoms with Gasteiger partial charge in [-0.15, -0.1) is 11.3 Å². The van der Waals surface area contributed by atoms with Gasteiger partial charge in [0.05, 0.1) is 22.5 Å². The molecule has 6 nitrogen and oxygen atoms in total. The van der Waals surface area contributed by atoms with E-state index in [9.17, 15) is 27.2 Å². The summed E-state index contributed by atoms with van der Waals surface area (Å²) in [5, 5.41) is 6.84. The molecule has 164 valence electrons. The second-order valence-corrected chi connectivity index (χ2v) is 7.93. The van der Waals surface area contributed by atoms with Crippen LogP contribution in [0, 0.1) is 26.6 Å². The Kier molecular flexibility index (Phi) is 5.99. The molecule has 0 saturated carbocycles. The molecule has 2 aromatic heterocycles. The maximum absolute atomic E-state index is 13.3. The number of nitrogens with zero attached hydrogens (tertiary/aromatic N) is 3. The second kappa shape index (κ2) is 8.22. The van der Waals surface area contributed by atoms with Crippen LogP contribution in [0.3, 0.4) is 0 Å². The Labute approximate surface area is 178 Å². The number of hydrogen-bond acceptors (Lipinski definition) is 5. The number of benzene rings is 1. The molecule has 2 heterocycles. The third kappa shape index (κ3) is 4.50. The number of carbonyl (C=O) groups excluding carboxylic acids is 1. The van der Waals surface area contributed by atoms with Gasteiger partial charge in [-0.25, -0.2) is 14.1 Å². The van der Waals surface area contributed by atoms with Crippen LogP contribution in [0.15, 0.2) is 23.0 Å². The van der Waals surface area contributed by atoms with Crippen molar-refractivity contribution in [2.75, 3.05) is 0 Å². The lowest BCUT2D eigenvalue weighted by Gasteiger charge is -2.13. The molecule has 1 amide bonds. The van der Waals surface area contributed by atoms with Crippen molar-refractivity contribution in [2.24, 2.45) is 7.05 Å². The summed E-state index contributed by atoms with van der Waals surface area (Å²) in [5.41, 5.74) is 0.130. The smallest absolute Gasteiger partial charge is 0.347 e. The minimum absolute atomic E-state index is 0.168. The van der Waals surface area contributed by atoms with E-state index in [2.05, 4.69) is 15.4 Å². The van der Waals surface area contributed by atoms with Crippen molar-refractivity contribution in [1.82, 2.24) is 20.1 Å². The predicted molar refractivity (Wildman–Crippen MR) is 107 cm³/mol. The van der Waals surface area contributed by atoms with E-state index in [1.807, 2.05) is 0 Å². The third-order valence-electron chi connectivity index (χ3n) is 4.76. The van der Waals surface area contributed by atoms with Gasteiger partial charge in [-0.3, -0.25) is 9.59 Å². The first-order valence-electron chi connectivity index (χ1n) is 9.06. The number of nitrogens with one attached hydrogen (secondary N) is 1. The van der Waals surface area contributed by atoms with Gasteiger partial charge in [-0.05, 0) is 44.0 Å². The molecular formula is C20H18F4N4O2S. The minimum Gasteiger partial charge on any atom is -0.347 e. The summed E-state index contributed by atoms with van der Waals surface area (Å²) in [6.45, 7) is 4.59. The number of carbonyl (C=O) groups is 1. The van der Waals surface area contributed by atoms with Crippen LogP contribution < -0.4 is 10.9 Å². The van der Waals surface area contributed by atoms with E-state index in [1.165, 1.54) is 11.7 Å². The van der Waals surface area contributed by atoms with Gasteiger partial charge >= 0.3 is 6.18 Å². The molecule has 11 heteroatoms. The Bertz CT molecular complexity index is 1230. The standard InChI is InChI=1S/C20H18F4N4O2S/c1-9-10(2)27-28(4)19(30)15(9)18-26-11(3)16(31-18)17(29)25-8-12-5-6-13(21)7-14(12)20(22,23)24/h5-7H,8H2,1-4H3,(H,25,29). The topological polar surface area (TPSA) is 76.9 Å². The summed E-state index contributed by atoms with van der Waals surface area (Å²) in [5.74, 6) is -1.66. The third-order valence-corrected chi connectivity index (χ3v) is 5.93. The summed E-state index contributed by atoms with van der Waals surface area (Å²) in [6.07, 6.45) is -4.76. The zero-order valence-corrected chi connectivity index (χ0v) is 17.8. The van der Waals surface area contributed by atoms with Crippen molar-refractivity contribution in [2.45, 2.75) is 33.5 Å². The molecule has 3 rings (SSSR count). The molecule has 0 aliphatic heterocycles. The maximum atomic E-state index is 13.3. The molecule has 31 heavy (non-hydrogen) atoms. The van der Waals surface area contributed by atoms with Crippen molar-refractivity contribution >= 4 is 17.2 Å². The van der Waals surface area contributed by atoms with E-state index in [0.29, 0.717) is 33.6 Å². The van der Waals surface area contributed by atoms with Crippen molar-refractivity contribution < 1.29 is 22.4 Å². The molecule has 1 N–H and O–H groups in total. The molecule has 0 fully saturated rings. The summed E-state index contributed by atoms with van der Waals surface area (Å²) in [4.78, 5) is 29.6. The average Bonchev–Trinajstić information content (AvgIpc) is 3.06. The normalized spacial score (nSPS) is 11.6. The maximum Gasteiger partial charge on any atom is 0.416 e. The SMILES string of the molecule is Cc1nc(-c2c(C)c(C)nn(C)c2=O)sc1C(=O)NCc1ccc(F)cc1C(F)(F)F. The largest absolute Gasteiger partial charge is 0.416 e. The van der Waals surface area contributed by atoms with E-state index < -0.39 is 30.0 Å². The monoisotopic (exact) mass is 454 g/mol. The molecule has 0 radical (unpaired) electrons. The number of aromatic nitrogens is 3. The molecular weight excluding hydrogens is 436 g/mol. The minimum atomic E-state index is -4.76. The molecule has 0 unspecified atom stereocenters. The first-order valence-corrected chi connectivity index (χ1v) is 9.88. The average molecular weight is 454 g/mol. The van der Waals surface area contributed by atoms with Gasteiger partial charge in [-0.1, -0.05) is 6.07 Å². The highest BCUT2D eigenvalue weighted by molar-refractivity contribution is 7.17. The van der Waals surface area contributed by atoms with E-state index >= 15 is 0 Å². The van der Waals surface area contributed by atoms with Crippen LogP contribution in [0.25, 0.3) is 10.6 Å². The van der Waals surface area contributed by atoms with E-state index in [4.69, 9.17) is 0 Å². The van der Waals surface area contributed by atoms with Crippen LogP contribution in [-0.2, 0) is 19.8 Å². The predicted octanol–water partition coefficient (Wildman–Crippen LogP) is 3.92. The zero-order valence-electron chi connectivity index (χ0n) is 17.0. The van der Waals surface area contributed by atoms with Crippen molar-refractivity contribution in [3.05, 3.63) is 67.3 Å². The summed E-state index contributed by atoms with van der Waals surface area (Å²) >= 11 is 0.967. The van der Waals surface area contributed by atoms with Crippen LogP contribution in [0.2, 0.25) is 0 Å². The summed E-state index contributed by atoms with van der Waals surface area (Å²) < 4.78 is 53.9. The highest BCUT2D eigenvalue weighted by Gasteiger charge is 2.34. The Hall–Kier alpha value is -3.08. The number of halogens is 4. The number of rotatable bonds is 4. The number of amides is 1. The highest BCUT2D eigenvalue weighted by Crippen LogP contribution is 2.33. The fourth-order valence-corrected chi connectivity index (χ4v) is 4.11. The van der Waals surface area contributed by atoms with Crippen molar-refractivity contribution in [1.29, 1.82) is 0 Å². The highest BCUT2D eigenvalue weighted by atomic mass is 32.1. The number of thiazole rings is 1. The van der Waals surface area contributed by atoms with Crippen LogP contribution in [-0.4, -0.2) is 20.7 Å². The lowest BCUT2D eigenvalue weighted by Crippen LogP contribution is -2.24. The van der Waals surface area contributed by atoms with Crippen molar-refractivity contribution in [3.8, 4) is 10.6 Å². The van der Waals surface area contributed by atoms with E-state index in [0.717, 1.165) is 23.5 Å². The van der Waals surface area contributed by atoms with Crippen LogP contribution in [0.4, 0.5) is 17.6 Å². The van der Waals surface area contributed by atoms with Crippen molar-refractivity contribution in [3.63, 3.8) is 0 Å². The van der Waals surface area contributed by atoms with Crippen LogP contribution in [0.1, 0.15) is 37.7 Å². The molecule has 0 saturated heterocycles. The molecule has 1 aromatic carbocycles. The summed E-state index contributed by atoms with van der Waals surface area (Å²) in [7, 11) is 1.51. The number of alkyl halides is 3. The Morgan fingerprint density at radius 3 is 2.52 bits per heavy atom. The fraction of sp³-hybridized carbons (Fsp3) is 0.300. The van der Waals surface area contributed by atoms with Gasteiger partial charge < -0.3 is 5.32 Å². The molecule has 0 bridgehead atoms. The molecule has 0 atom stereocenters. The first kappa shape index (κ1) is 22.6. The van der Waals surface area contributed by atoms with Gasteiger partial charge in [-0.2, -0.15) is 18.3 Å². The Morgan fingerprint density at radius 2 is 1.87 bits per heavy atom. The van der Waals surface area contributed by atoms with Gasteiger partial charge in [0, 0.05) is 13.6 Å². The molecule has 0 aliphatic rings. The van der Waals surface area contributed by atoms with E-state index in [-0.39, 0.29) is 16.0 Å². The molecule has 0 spiro atoms. The van der Waals surface area contributed by atoms with Gasteiger partial charge in [0.2, 0.25) is 0 Å². The van der Waals surface area contributed by atoms with Gasteiger partial charge in [0.1, 0.15) is 15.7 Å². The molecule has 0 aliphatic carbocycles. The Morgan fingerprint density at radius 1 is 1.19 bits per heavy atom. The lowest BCUT2D eigenvalue weighted by molar-refractivity contribution is -0.138. The molecule has 3 aromatic rings. The number of hydrogen-bond donors (Lipinski definition) is 1.